The van der Waals surface area contributed by atoms with Gasteiger partial charge in [-0.2, -0.15) is 0 Å². The van der Waals surface area contributed by atoms with Crippen molar-refractivity contribution in [2.75, 3.05) is 4.90 Å². The first-order valence-corrected chi connectivity index (χ1v) is 21.8. The van der Waals surface area contributed by atoms with Crippen molar-refractivity contribution in [1.82, 2.24) is 4.57 Å². The molecule has 1 heterocycles. The molecule has 2 aliphatic rings. The van der Waals surface area contributed by atoms with Crippen LogP contribution in [0.4, 0.5) is 17.1 Å². The van der Waals surface area contributed by atoms with Crippen LogP contribution >= 0.6 is 0 Å². The van der Waals surface area contributed by atoms with Gasteiger partial charge in [0.25, 0.3) is 0 Å². The van der Waals surface area contributed by atoms with Crippen molar-refractivity contribution < 1.29 is 0 Å². The lowest BCUT2D eigenvalue weighted by Gasteiger charge is -2.32. The first-order valence-electron chi connectivity index (χ1n) is 21.8. The van der Waals surface area contributed by atoms with E-state index in [1.165, 1.54) is 88.6 Å². The van der Waals surface area contributed by atoms with E-state index in [0.717, 1.165) is 22.7 Å². The Morgan fingerprint density at radius 3 is 1.27 bits per heavy atom. The quantitative estimate of drug-likeness (QED) is 0.163. The van der Waals surface area contributed by atoms with Gasteiger partial charge in [0.15, 0.2) is 0 Å². The highest BCUT2D eigenvalue weighted by Crippen LogP contribution is 2.64. The molecule has 0 bridgehead atoms. The van der Waals surface area contributed by atoms with Gasteiger partial charge in [-0.25, -0.2) is 0 Å². The van der Waals surface area contributed by atoms with Gasteiger partial charge in [0, 0.05) is 33.4 Å². The number of rotatable bonds is 6. The number of fused-ring (bicyclic) bond motifs is 13. The van der Waals surface area contributed by atoms with Crippen LogP contribution in [0.25, 0.3) is 72.0 Å². The summed E-state index contributed by atoms with van der Waals surface area (Å²) in [6.45, 7) is 0. The van der Waals surface area contributed by atoms with E-state index in [2.05, 4.69) is 252 Å². The van der Waals surface area contributed by atoms with E-state index in [-0.39, 0.29) is 0 Å². The molecule has 0 saturated heterocycles. The normalized spacial score (nSPS) is 12.9. The fraction of sp³-hybridized carbons (Fsp3) is 0.0164. The van der Waals surface area contributed by atoms with Gasteiger partial charge in [0.1, 0.15) is 0 Å². The van der Waals surface area contributed by atoms with Crippen LogP contribution in [-0.2, 0) is 5.41 Å². The number of hydrogen-bond donors (Lipinski definition) is 0. The van der Waals surface area contributed by atoms with Gasteiger partial charge < -0.3 is 9.47 Å². The fourth-order valence-electron chi connectivity index (χ4n) is 11.0. The largest absolute Gasteiger partial charge is 0.310 e. The van der Waals surface area contributed by atoms with Gasteiger partial charge in [-0.1, -0.05) is 188 Å². The first-order chi connectivity index (χ1) is 31.3. The molecule has 1 aromatic heterocycles. The molecule has 2 heteroatoms. The Balaban J connectivity index is 0.956. The Morgan fingerprint density at radius 2 is 0.714 bits per heavy atom. The van der Waals surface area contributed by atoms with E-state index in [1.54, 1.807) is 0 Å². The smallest absolute Gasteiger partial charge is 0.0726 e. The minimum atomic E-state index is -0.423. The minimum absolute atomic E-state index is 0.423. The second-order valence-corrected chi connectivity index (χ2v) is 16.8. The Kier molecular flexibility index (Phi) is 7.85. The van der Waals surface area contributed by atoms with Gasteiger partial charge >= 0.3 is 0 Å². The van der Waals surface area contributed by atoms with Crippen LogP contribution in [0.5, 0.6) is 0 Å². The topological polar surface area (TPSA) is 8.17 Å². The molecule has 63 heavy (non-hydrogen) atoms. The lowest BCUT2D eigenvalue weighted by atomic mass is 9.70. The molecule has 0 radical (unpaired) electrons. The highest BCUT2D eigenvalue weighted by Gasteiger charge is 2.52. The molecule has 2 nitrogen and oxygen atoms in total. The summed E-state index contributed by atoms with van der Waals surface area (Å²) in [4.78, 5) is 2.46. The van der Waals surface area contributed by atoms with Gasteiger partial charge in [-0.05, 0) is 116 Å². The van der Waals surface area contributed by atoms with Crippen LogP contribution < -0.4 is 4.90 Å². The van der Waals surface area contributed by atoms with Crippen molar-refractivity contribution in [3.63, 3.8) is 0 Å². The van der Waals surface area contributed by atoms with Crippen molar-refractivity contribution in [3.8, 4) is 50.2 Å². The van der Waals surface area contributed by atoms with E-state index >= 15 is 0 Å². The summed E-state index contributed by atoms with van der Waals surface area (Å²) in [6.07, 6.45) is 0. The van der Waals surface area contributed by atoms with Gasteiger partial charge in [0.05, 0.1) is 22.1 Å². The zero-order valence-electron chi connectivity index (χ0n) is 34.5. The summed E-state index contributed by atoms with van der Waals surface area (Å²) in [5.74, 6) is 0. The summed E-state index contributed by atoms with van der Waals surface area (Å²) < 4.78 is 2.38. The second-order valence-electron chi connectivity index (χ2n) is 16.8. The number of benzene rings is 10. The average Bonchev–Trinajstić information content (AvgIpc) is 3.97. The molecule has 0 fully saturated rings. The van der Waals surface area contributed by atoms with E-state index < -0.39 is 5.41 Å². The fourth-order valence-corrected chi connectivity index (χ4v) is 11.0. The van der Waals surface area contributed by atoms with Crippen LogP contribution in [-0.4, -0.2) is 4.57 Å². The second kappa shape index (κ2) is 13.9. The Hall–Kier alpha value is -8.20. The Labute approximate surface area is 367 Å². The lowest BCUT2D eigenvalue weighted by molar-refractivity contribution is 0.794. The number of para-hydroxylation sites is 2. The third-order valence-corrected chi connectivity index (χ3v) is 13.6. The number of aromatic nitrogens is 1. The third-order valence-electron chi connectivity index (χ3n) is 13.6. The van der Waals surface area contributed by atoms with E-state index in [4.69, 9.17) is 0 Å². The van der Waals surface area contributed by atoms with Gasteiger partial charge in [-0.3, -0.25) is 0 Å². The molecule has 1 spiro atoms. The molecule has 13 rings (SSSR count). The zero-order valence-corrected chi connectivity index (χ0v) is 34.5. The molecule has 10 aromatic carbocycles. The lowest BCUT2D eigenvalue weighted by Crippen LogP contribution is -2.26. The first kappa shape index (κ1) is 35.5. The van der Waals surface area contributed by atoms with E-state index in [1.807, 2.05) is 0 Å². The molecule has 11 aromatic rings. The molecule has 0 N–H and O–H groups in total. The van der Waals surface area contributed by atoms with E-state index in [9.17, 15) is 0 Å². The molecule has 0 atom stereocenters. The zero-order chi connectivity index (χ0) is 41.5. The maximum atomic E-state index is 2.46. The molecule has 0 unspecified atom stereocenters. The SMILES string of the molecule is c1ccc(-c2ccc(N(c3ccc(-c4ccc(-n5c6ccccc6c6ccccc65)cc4)cc3)c3cccc4c3-c3ccccc3C43c4ccccc4-c4ccccc43)cc2)cc1. The van der Waals surface area contributed by atoms with Crippen molar-refractivity contribution in [2.24, 2.45) is 0 Å². The maximum Gasteiger partial charge on any atom is 0.0726 e. The van der Waals surface area contributed by atoms with Crippen LogP contribution in [0.15, 0.2) is 243 Å². The minimum Gasteiger partial charge on any atom is -0.310 e. The van der Waals surface area contributed by atoms with Crippen molar-refractivity contribution in [3.05, 3.63) is 265 Å². The highest BCUT2D eigenvalue weighted by molar-refractivity contribution is 6.09. The molecule has 2 aliphatic carbocycles. The predicted molar refractivity (Wildman–Crippen MR) is 263 cm³/mol. The summed E-state index contributed by atoms with van der Waals surface area (Å²) in [5, 5.41) is 2.54. The van der Waals surface area contributed by atoms with Crippen molar-refractivity contribution >= 4 is 38.9 Å². The summed E-state index contributed by atoms with van der Waals surface area (Å²) in [7, 11) is 0. The maximum absolute atomic E-state index is 2.46. The monoisotopic (exact) mass is 800 g/mol. The summed E-state index contributed by atoms with van der Waals surface area (Å²) in [5.41, 5.74) is 21.8. The van der Waals surface area contributed by atoms with Crippen LogP contribution in [0, 0.1) is 0 Å². The predicted octanol–water partition coefficient (Wildman–Crippen LogP) is 15.9. The number of nitrogens with zero attached hydrogens (tertiary/aromatic N) is 2. The summed E-state index contributed by atoms with van der Waals surface area (Å²) in [6, 6.07) is 89.4. The van der Waals surface area contributed by atoms with Crippen LogP contribution in [0.1, 0.15) is 22.3 Å². The molecule has 294 valence electrons. The molecular formula is C61H40N2. The van der Waals surface area contributed by atoms with E-state index in [0.29, 0.717) is 0 Å². The molecule has 0 saturated carbocycles. The molecular weight excluding hydrogens is 761 g/mol. The van der Waals surface area contributed by atoms with Crippen LogP contribution in [0.2, 0.25) is 0 Å². The Bertz CT molecular complexity index is 3440. The molecule has 0 amide bonds. The van der Waals surface area contributed by atoms with Gasteiger partial charge in [0.2, 0.25) is 0 Å². The highest BCUT2D eigenvalue weighted by atomic mass is 15.1. The number of hydrogen-bond acceptors (Lipinski definition) is 1. The average molecular weight is 801 g/mol. The Morgan fingerprint density at radius 1 is 0.302 bits per heavy atom. The standard InChI is InChI=1S/C61H40N2/c1-2-15-41(16-3-1)42-29-35-45(36-30-42)62(46-37-31-43(32-38-46)44-33-39-47(40-34-44)63-57-26-12-7-19-50(57)51-20-8-13-27-58(51)63)59-28-14-25-56-60(59)52-21-6-11-24-55(52)61(56)53-22-9-4-17-48(53)49-18-5-10-23-54(49)61/h1-40H. The third kappa shape index (κ3) is 5.19. The van der Waals surface area contributed by atoms with Crippen LogP contribution in [0.3, 0.4) is 0 Å². The van der Waals surface area contributed by atoms with Crippen molar-refractivity contribution in [1.29, 1.82) is 0 Å². The summed E-state index contributed by atoms with van der Waals surface area (Å²) >= 11 is 0. The van der Waals surface area contributed by atoms with Gasteiger partial charge in [-0.15, -0.1) is 0 Å². The molecule has 0 aliphatic heterocycles. The van der Waals surface area contributed by atoms with Crippen molar-refractivity contribution in [2.45, 2.75) is 5.41 Å². The number of anilines is 3.